The number of hydrogen-bond acceptors (Lipinski definition) is 5. The van der Waals surface area contributed by atoms with Gasteiger partial charge in [-0.05, 0) is 32.9 Å². The van der Waals surface area contributed by atoms with Crippen LogP contribution in [0.2, 0.25) is 0 Å². The number of rotatable bonds is 5. The third kappa shape index (κ3) is 3.01. The van der Waals surface area contributed by atoms with E-state index >= 15 is 0 Å². The fourth-order valence-electron chi connectivity index (χ4n) is 2.12. The maximum Gasteiger partial charge on any atom is 0.241 e. The summed E-state index contributed by atoms with van der Waals surface area (Å²) in [5.41, 5.74) is 8.34. The Morgan fingerprint density at radius 2 is 2.10 bits per heavy atom. The van der Waals surface area contributed by atoms with Gasteiger partial charge in [-0.2, -0.15) is 0 Å². The molecule has 1 aromatic carbocycles. The van der Waals surface area contributed by atoms with E-state index in [0.717, 1.165) is 34.0 Å². The molecule has 2 aromatic rings. The van der Waals surface area contributed by atoms with Gasteiger partial charge in [-0.25, -0.2) is 4.98 Å². The quantitative estimate of drug-likeness (QED) is 0.830. The second-order valence-electron chi connectivity index (χ2n) is 4.56. The average molecular weight is 292 g/mol. The summed E-state index contributed by atoms with van der Waals surface area (Å²) in [6, 6.07) is 3.81. The molecule has 0 saturated carbocycles. The number of carbonyl (C=O) groups excluding carboxylic acids is 1. The first-order chi connectivity index (χ1) is 9.55. The highest BCUT2D eigenvalue weighted by molar-refractivity contribution is 7.18. The van der Waals surface area contributed by atoms with Gasteiger partial charge < -0.3 is 16.0 Å². The van der Waals surface area contributed by atoms with E-state index in [2.05, 4.69) is 10.3 Å². The highest BCUT2D eigenvalue weighted by Gasteiger charge is 2.11. The molecule has 0 atom stereocenters. The lowest BCUT2D eigenvalue weighted by atomic mass is 10.2. The molecular weight excluding hydrogens is 272 g/mol. The fourth-order valence-corrected chi connectivity index (χ4v) is 2.97. The number of nitrogen functional groups attached to an aromatic ring is 1. The molecule has 1 amide bonds. The number of nitrogens with two attached hydrogens (primary N) is 1. The van der Waals surface area contributed by atoms with E-state index in [1.165, 1.54) is 0 Å². The largest absolute Gasteiger partial charge is 0.397 e. The molecule has 0 spiro atoms. The van der Waals surface area contributed by atoms with Crippen LogP contribution >= 0.6 is 11.3 Å². The Labute approximate surface area is 122 Å². The zero-order chi connectivity index (χ0) is 14.7. The molecule has 108 valence electrons. The van der Waals surface area contributed by atoms with Crippen LogP contribution in [0.5, 0.6) is 0 Å². The molecular formula is C14H20N4OS. The molecule has 0 saturated heterocycles. The van der Waals surface area contributed by atoms with Crippen molar-refractivity contribution in [1.82, 2.24) is 9.88 Å². The molecule has 0 fully saturated rings. The second kappa shape index (κ2) is 6.09. The summed E-state index contributed by atoms with van der Waals surface area (Å²) in [6.45, 7) is 7.60. The first-order valence-corrected chi connectivity index (χ1v) is 7.55. The molecule has 20 heavy (non-hydrogen) atoms. The molecule has 0 aliphatic heterocycles. The molecule has 1 heterocycles. The van der Waals surface area contributed by atoms with Crippen LogP contribution in [0.3, 0.4) is 0 Å². The van der Waals surface area contributed by atoms with Gasteiger partial charge in [-0.1, -0.05) is 0 Å². The number of nitrogens with zero attached hydrogens (tertiary/aromatic N) is 2. The van der Waals surface area contributed by atoms with E-state index in [4.69, 9.17) is 5.73 Å². The highest BCUT2D eigenvalue weighted by Crippen LogP contribution is 2.29. The minimum absolute atomic E-state index is 0.0731. The van der Waals surface area contributed by atoms with Crippen molar-refractivity contribution in [3.05, 3.63) is 17.1 Å². The Morgan fingerprint density at radius 1 is 1.40 bits per heavy atom. The molecule has 0 unspecified atom stereocenters. The van der Waals surface area contributed by atoms with Crippen LogP contribution in [-0.4, -0.2) is 35.4 Å². The number of benzene rings is 1. The summed E-state index contributed by atoms with van der Waals surface area (Å²) in [7, 11) is 0. The smallest absolute Gasteiger partial charge is 0.241 e. The SMILES string of the molecule is CCN(CC)C(=O)CNc1cc2nc(C)sc2cc1N. The van der Waals surface area contributed by atoms with Crippen LogP contribution in [0.4, 0.5) is 11.4 Å². The number of thiazole rings is 1. The van der Waals surface area contributed by atoms with E-state index in [0.29, 0.717) is 5.69 Å². The van der Waals surface area contributed by atoms with Crippen molar-refractivity contribution >= 4 is 38.8 Å². The normalized spacial score (nSPS) is 10.8. The van der Waals surface area contributed by atoms with Crippen LogP contribution in [0, 0.1) is 6.92 Å². The Morgan fingerprint density at radius 3 is 2.75 bits per heavy atom. The van der Waals surface area contributed by atoms with Crippen LogP contribution in [-0.2, 0) is 4.79 Å². The van der Waals surface area contributed by atoms with Gasteiger partial charge in [0.15, 0.2) is 0 Å². The maximum absolute atomic E-state index is 12.0. The molecule has 0 bridgehead atoms. The number of anilines is 2. The number of carbonyl (C=O) groups is 1. The van der Waals surface area contributed by atoms with Crippen molar-refractivity contribution in [3.63, 3.8) is 0 Å². The molecule has 5 nitrogen and oxygen atoms in total. The number of fused-ring (bicyclic) bond motifs is 1. The van der Waals surface area contributed by atoms with Crippen LogP contribution in [0.25, 0.3) is 10.2 Å². The lowest BCUT2D eigenvalue weighted by molar-refractivity contribution is -0.128. The number of likely N-dealkylation sites (N-methyl/N-ethyl adjacent to an activating group) is 1. The van der Waals surface area contributed by atoms with Gasteiger partial charge in [0.1, 0.15) is 0 Å². The zero-order valence-electron chi connectivity index (χ0n) is 12.1. The van der Waals surface area contributed by atoms with Gasteiger partial charge in [0, 0.05) is 13.1 Å². The van der Waals surface area contributed by atoms with Crippen molar-refractivity contribution in [2.24, 2.45) is 0 Å². The van der Waals surface area contributed by atoms with Crippen molar-refractivity contribution in [1.29, 1.82) is 0 Å². The molecule has 0 aliphatic rings. The Balaban J connectivity index is 2.13. The predicted octanol–water partition coefficient (Wildman–Crippen LogP) is 2.47. The average Bonchev–Trinajstić information content (AvgIpc) is 2.76. The van der Waals surface area contributed by atoms with E-state index < -0.39 is 0 Å². The molecule has 0 radical (unpaired) electrons. The summed E-state index contributed by atoms with van der Waals surface area (Å²) in [4.78, 5) is 18.2. The summed E-state index contributed by atoms with van der Waals surface area (Å²) >= 11 is 1.62. The van der Waals surface area contributed by atoms with Gasteiger partial charge >= 0.3 is 0 Å². The van der Waals surface area contributed by atoms with Crippen LogP contribution in [0.15, 0.2) is 12.1 Å². The first kappa shape index (κ1) is 14.6. The van der Waals surface area contributed by atoms with Crippen molar-refractivity contribution in [2.45, 2.75) is 20.8 Å². The van der Waals surface area contributed by atoms with E-state index in [-0.39, 0.29) is 12.5 Å². The number of aromatic nitrogens is 1. The summed E-state index contributed by atoms with van der Waals surface area (Å²) in [6.07, 6.45) is 0. The molecule has 3 N–H and O–H groups in total. The minimum atomic E-state index is 0.0731. The molecule has 2 rings (SSSR count). The number of hydrogen-bond donors (Lipinski definition) is 2. The monoisotopic (exact) mass is 292 g/mol. The fraction of sp³-hybridized carbons (Fsp3) is 0.429. The van der Waals surface area contributed by atoms with Crippen LogP contribution < -0.4 is 11.1 Å². The van der Waals surface area contributed by atoms with E-state index in [1.807, 2.05) is 32.9 Å². The first-order valence-electron chi connectivity index (χ1n) is 6.73. The Bertz CT molecular complexity index is 619. The standard InChI is InChI=1S/C14H20N4OS/c1-4-18(5-2)14(19)8-16-11-7-12-13(6-10(11)15)20-9(3)17-12/h6-7,16H,4-5,8,15H2,1-3H3. The summed E-state index contributed by atoms with van der Waals surface area (Å²) in [5, 5.41) is 4.12. The number of amides is 1. The van der Waals surface area contributed by atoms with E-state index in [1.54, 1.807) is 16.2 Å². The van der Waals surface area contributed by atoms with Gasteiger partial charge in [0.05, 0.1) is 33.1 Å². The third-order valence-corrected chi connectivity index (χ3v) is 4.15. The Hall–Kier alpha value is -1.82. The van der Waals surface area contributed by atoms with Crippen molar-refractivity contribution in [3.8, 4) is 0 Å². The summed E-state index contributed by atoms with van der Waals surface area (Å²) < 4.78 is 1.07. The summed E-state index contributed by atoms with van der Waals surface area (Å²) in [5.74, 6) is 0.0731. The predicted molar refractivity (Wildman–Crippen MR) is 85.2 cm³/mol. The topological polar surface area (TPSA) is 71.2 Å². The number of aryl methyl sites for hydroxylation is 1. The molecule has 6 heteroatoms. The van der Waals surface area contributed by atoms with Gasteiger partial charge in [0.2, 0.25) is 5.91 Å². The molecule has 1 aromatic heterocycles. The van der Waals surface area contributed by atoms with Crippen molar-refractivity contribution < 1.29 is 4.79 Å². The Kier molecular flexibility index (Phi) is 4.44. The molecule has 0 aliphatic carbocycles. The van der Waals surface area contributed by atoms with Gasteiger partial charge in [-0.15, -0.1) is 11.3 Å². The van der Waals surface area contributed by atoms with Crippen LogP contribution in [0.1, 0.15) is 18.9 Å². The lowest BCUT2D eigenvalue weighted by Crippen LogP contribution is -2.35. The van der Waals surface area contributed by atoms with Crippen molar-refractivity contribution in [2.75, 3.05) is 30.7 Å². The van der Waals surface area contributed by atoms with E-state index in [9.17, 15) is 4.79 Å². The maximum atomic E-state index is 12.0. The third-order valence-electron chi connectivity index (χ3n) is 3.21. The zero-order valence-corrected chi connectivity index (χ0v) is 12.9. The number of nitrogens with one attached hydrogen (secondary N) is 1. The lowest BCUT2D eigenvalue weighted by Gasteiger charge is -2.19. The second-order valence-corrected chi connectivity index (χ2v) is 5.79. The minimum Gasteiger partial charge on any atom is -0.397 e. The van der Waals surface area contributed by atoms with Gasteiger partial charge in [0.25, 0.3) is 0 Å². The highest BCUT2D eigenvalue weighted by atomic mass is 32.1. The van der Waals surface area contributed by atoms with Gasteiger partial charge in [-0.3, -0.25) is 4.79 Å².